The van der Waals surface area contributed by atoms with E-state index in [-0.39, 0.29) is 11.4 Å². The van der Waals surface area contributed by atoms with Crippen LogP contribution in [-0.4, -0.2) is 20.2 Å². The molecule has 0 spiro atoms. The number of nitro groups is 1. The molecule has 0 radical (unpaired) electrons. The molecule has 0 aliphatic carbocycles. The summed E-state index contributed by atoms with van der Waals surface area (Å²) in [7, 11) is 0. The predicted octanol–water partition coefficient (Wildman–Crippen LogP) is 0.371. The second-order valence-electron chi connectivity index (χ2n) is 2.10. The summed E-state index contributed by atoms with van der Waals surface area (Å²) in [4.78, 5) is 9.63. The molecular weight excluding hydrogens is 150 g/mol. The first kappa shape index (κ1) is 7.67. The fraction of sp³-hybridized carbons (Fsp3) is 0.400. The number of aliphatic hydroxyl groups is 1. The Bertz CT molecular complexity index is 268. The van der Waals surface area contributed by atoms with E-state index >= 15 is 0 Å². The number of aliphatic hydroxyl groups excluding tert-OH is 1. The zero-order valence-corrected chi connectivity index (χ0v) is 5.81. The Morgan fingerprint density at radius 3 is 2.91 bits per heavy atom. The Morgan fingerprint density at radius 2 is 2.55 bits per heavy atom. The van der Waals surface area contributed by atoms with E-state index in [9.17, 15) is 10.1 Å². The molecule has 0 saturated carbocycles. The number of H-pyrrole nitrogens is 1. The van der Waals surface area contributed by atoms with Crippen molar-refractivity contribution in [2.24, 2.45) is 0 Å². The minimum Gasteiger partial charge on any atom is -0.387 e. The van der Waals surface area contributed by atoms with E-state index in [2.05, 4.69) is 10.2 Å². The van der Waals surface area contributed by atoms with Crippen LogP contribution in [0.15, 0.2) is 6.20 Å². The third-order valence-corrected chi connectivity index (χ3v) is 1.26. The normalized spacial score (nSPS) is 12.9. The number of nitrogens with zero attached hydrogens (tertiary/aromatic N) is 2. The molecule has 0 aliphatic heterocycles. The van der Waals surface area contributed by atoms with Crippen LogP contribution in [-0.2, 0) is 0 Å². The highest BCUT2D eigenvalue weighted by Crippen LogP contribution is 2.20. The molecule has 1 rings (SSSR count). The number of rotatable bonds is 2. The van der Waals surface area contributed by atoms with Crippen molar-refractivity contribution in [2.45, 2.75) is 13.0 Å². The molecule has 0 aromatic carbocycles. The minimum atomic E-state index is -0.891. The average molecular weight is 157 g/mol. The Hall–Kier alpha value is -1.43. The molecule has 1 aromatic heterocycles. The van der Waals surface area contributed by atoms with Gasteiger partial charge >= 0.3 is 5.69 Å². The summed E-state index contributed by atoms with van der Waals surface area (Å²) >= 11 is 0. The van der Waals surface area contributed by atoms with Gasteiger partial charge in [0.15, 0.2) is 0 Å². The molecule has 0 fully saturated rings. The van der Waals surface area contributed by atoms with E-state index in [1.54, 1.807) is 0 Å². The van der Waals surface area contributed by atoms with E-state index in [0.29, 0.717) is 0 Å². The molecule has 6 heteroatoms. The molecule has 1 atom stereocenters. The summed E-state index contributed by atoms with van der Waals surface area (Å²) in [6, 6.07) is 0. The largest absolute Gasteiger partial charge is 0.387 e. The van der Waals surface area contributed by atoms with E-state index in [1.807, 2.05) is 0 Å². The molecular formula is C5H7N3O3. The summed E-state index contributed by atoms with van der Waals surface area (Å²) < 4.78 is 0. The fourth-order valence-electron chi connectivity index (χ4n) is 0.743. The van der Waals surface area contributed by atoms with Crippen LogP contribution in [0, 0.1) is 10.1 Å². The van der Waals surface area contributed by atoms with Crippen molar-refractivity contribution in [3.8, 4) is 0 Å². The van der Waals surface area contributed by atoms with Gasteiger partial charge in [0.25, 0.3) is 0 Å². The first-order chi connectivity index (χ1) is 5.13. The SMILES string of the molecule is CC(O)c1[nH]ncc1[N+](=O)[O-]. The maximum atomic E-state index is 10.2. The molecule has 0 amide bonds. The Balaban J connectivity index is 3.06. The Kier molecular flexibility index (Phi) is 1.86. The van der Waals surface area contributed by atoms with Gasteiger partial charge in [0.1, 0.15) is 11.9 Å². The maximum absolute atomic E-state index is 10.2. The fourth-order valence-corrected chi connectivity index (χ4v) is 0.743. The number of hydrogen-bond donors (Lipinski definition) is 2. The maximum Gasteiger partial charge on any atom is 0.312 e. The van der Waals surface area contributed by atoms with Crippen LogP contribution in [0.25, 0.3) is 0 Å². The number of aromatic nitrogens is 2. The van der Waals surface area contributed by atoms with Crippen molar-refractivity contribution in [2.75, 3.05) is 0 Å². The van der Waals surface area contributed by atoms with E-state index < -0.39 is 11.0 Å². The van der Waals surface area contributed by atoms with Gasteiger partial charge in [-0.2, -0.15) is 5.10 Å². The van der Waals surface area contributed by atoms with Crippen LogP contribution in [0.1, 0.15) is 18.7 Å². The van der Waals surface area contributed by atoms with Gasteiger partial charge in [-0.1, -0.05) is 0 Å². The third-order valence-electron chi connectivity index (χ3n) is 1.26. The summed E-state index contributed by atoms with van der Waals surface area (Å²) in [5.41, 5.74) is -0.0463. The molecule has 1 unspecified atom stereocenters. The lowest BCUT2D eigenvalue weighted by Crippen LogP contribution is -1.96. The number of nitrogens with one attached hydrogen (secondary N) is 1. The Labute approximate surface area is 62.0 Å². The predicted molar refractivity (Wildman–Crippen MR) is 35.9 cm³/mol. The van der Waals surface area contributed by atoms with Crippen molar-refractivity contribution < 1.29 is 10.0 Å². The van der Waals surface area contributed by atoms with Crippen molar-refractivity contribution in [3.05, 3.63) is 22.0 Å². The van der Waals surface area contributed by atoms with Gasteiger partial charge in [-0.05, 0) is 6.92 Å². The number of aromatic amines is 1. The van der Waals surface area contributed by atoms with E-state index in [4.69, 9.17) is 5.11 Å². The summed E-state index contributed by atoms with van der Waals surface area (Å²) in [6.07, 6.45) is 0.181. The zero-order chi connectivity index (χ0) is 8.43. The van der Waals surface area contributed by atoms with Crippen LogP contribution in [0.2, 0.25) is 0 Å². The standard InChI is InChI=1S/C5H7N3O3/c1-3(9)5-4(8(10)11)2-6-7-5/h2-3,9H,1H3,(H,6,7). The van der Waals surface area contributed by atoms with Crippen LogP contribution in [0.4, 0.5) is 5.69 Å². The summed E-state index contributed by atoms with van der Waals surface area (Å²) in [6.45, 7) is 1.43. The molecule has 1 aromatic rings. The van der Waals surface area contributed by atoms with Gasteiger partial charge in [0.05, 0.1) is 11.0 Å². The van der Waals surface area contributed by atoms with Crippen LogP contribution >= 0.6 is 0 Å². The van der Waals surface area contributed by atoms with Gasteiger partial charge in [-0.3, -0.25) is 15.2 Å². The number of hydrogen-bond acceptors (Lipinski definition) is 4. The van der Waals surface area contributed by atoms with Crippen molar-refractivity contribution in [1.82, 2.24) is 10.2 Å². The second kappa shape index (κ2) is 2.67. The molecule has 0 bridgehead atoms. The van der Waals surface area contributed by atoms with Gasteiger partial charge in [0, 0.05) is 0 Å². The topological polar surface area (TPSA) is 92.0 Å². The molecule has 0 saturated heterocycles. The summed E-state index contributed by atoms with van der Waals surface area (Å²) in [5.74, 6) is 0. The lowest BCUT2D eigenvalue weighted by molar-refractivity contribution is -0.386. The highest BCUT2D eigenvalue weighted by atomic mass is 16.6. The van der Waals surface area contributed by atoms with Crippen molar-refractivity contribution >= 4 is 5.69 Å². The van der Waals surface area contributed by atoms with E-state index in [0.717, 1.165) is 6.20 Å². The summed E-state index contributed by atoms with van der Waals surface area (Å²) in [5, 5.41) is 25.0. The smallest absolute Gasteiger partial charge is 0.312 e. The lowest BCUT2D eigenvalue weighted by Gasteiger charge is -1.97. The quantitative estimate of drug-likeness (QED) is 0.479. The van der Waals surface area contributed by atoms with Gasteiger partial charge in [-0.15, -0.1) is 0 Å². The van der Waals surface area contributed by atoms with Gasteiger partial charge in [0.2, 0.25) is 0 Å². The van der Waals surface area contributed by atoms with Crippen LogP contribution in [0.5, 0.6) is 0 Å². The van der Waals surface area contributed by atoms with Crippen LogP contribution in [0.3, 0.4) is 0 Å². The molecule has 2 N–H and O–H groups in total. The average Bonchev–Trinajstić information content (AvgIpc) is 2.32. The second-order valence-corrected chi connectivity index (χ2v) is 2.10. The molecule has 0 aliphatic rings. The first-order valence-corrected chi connectivity index (χ1v) is 2.98. The molecule has 6 nitrogen and oxygen atoms in total. The van der Waals surface area contributed by atoms with Crippen LogP contribution < -0.4 is 0 Å². The van der Waals surface area contributed by atoms with E-state index in [1.165, 1.54) is 6.92 Å². The molecule has 11 heavy (non-hydrogen) atoms. The third kappa shape index (κ3) is 1.35. The lowest BCUT2D eigenvalue weighted by atomic mass is 10.2. The Morgan fingerprint density at radius 1 is 1.91 bits per heavy atom. The molecule has 60 valence electrons. The van der Waals surface area contributed by atoms with Crippen molar-refractivity contribution in [3.63, 3.8) is 0 Å². The molecule has 1 heterocycles. The van der Waals surface area contributed by atoms with Gasteiger partial charge in [-0.25, -0.2) is 0 Å². The zero-order valence-electron chi connectivity index (χ0n) is 5.81. The highest BCUT2D eigenvalue weighted by Gasteiger charge is 2.19. The van der Waals surface area contributed by atoms with Gasteiger partial charge < -0.3 is 5.11 Å². The highest BCUT2D eigenvalue weighted by molar-refractivity contribution is 5.32. The van der Waals surface area contributed by atoms with Crippen molar-refractivity contribution in [1.29, 1.82) is 0 Å². The monoisotopic (exact) mass is 157 g/mol. The first-order valence-electron chi connectivity index (χ1n) is 2.98. The minimum absolute atomic E-state index is 0.134.